The van der Waals surface area contributed by atoms with Crippen LogP contribution in [0.2, 0.25) is 0 Å². The van der Waals surface area contributed by atoms with Crippen LogP contribution in [0.25, 0.3) is 0 Å². The van der Waals surface area contributed by atoms with Gasteiger partial charge >= 0.3 is 7.82 Å². The summed E-state index contributed by atoms with van der Waals surface area (Å²) in [6.07, 6.45) is 25.4. The maximum absolute atomic E-state index is 11.8. The first-order chi connectivity index (χ1) is 13.2. The zero-order chi connectivity index (χ0) is 19.5. The molecule has 0 aliphatic carbocycles. The summed E-state index contributed by atoms with van der Waals surface area (Å²) < 4.78 is 21.9. The second-order valence-electron chi connectivity index (χ2n) is 8.21. The van der Waals surface area contributed by atoms with Crippen LogP contribution >= 0.6 is 7.82 Å². The molecule has 27 heavy (non-hydrogen) atoms. The molecule has 1 rings (SSSR count). The molecular weight excluding hydrogens is 359 g/mol. The van der Waals surface area contributed by atoms with E-state index in [0.29, 0.717) is 13.2 Å². The van der Waals surface area contributed by atoms with E-state index >= 15 is 0 Å². The third kappa shape index (κ3) is 17.9. The molecule has 4 nitrogen and oxygen atoms in total. The van der Waals surface area contributed by atoms with Gasteiger partial charge < -0.3 is 4.89 Å². The lowest BCUT2D eigenvalue weighted by Gasteiger charge is -2.12. The second kappa shape index (κ2) is 18.2. The number of phosphoric acid groups is 1. The zero-order valence-electron chi connectivity index (χ0n) is 17.7. The van der Waals surface area contributed by atoms with E-state index in [1.807, 2.05) is 0 Å². The summed E-state index contributed by atoms with van der Waals surface area (Å²) in [4.78, 5) is 9.68. The minimum absolute atomic E-state index is 0.327. The highest BCUT2D eigenvalue weighted by atomic mass is 31.2. The average molecular weight is 405 g/mol. The van der Waals surface area contributed by atoms with Gasteiger partial charge in [-0.15, -0.1) is 0 Å². The molecule has 0 saturated carbocycles. The van der Waals surface area contributed by atoms with Crippen molar-refractivity contribution in [2.45, 2.75) is 128 Å². The van der Waals surface area contributed by atoms with Gasteiger partial charge in [-0.3, -0.25) is 9.05 Å². The van der Waals surface area contributed by atoms with E-state index < -0.39 is 7.82 Å². The van der Waals surface area contributed by atoms with Crippen LogP contribution in [0.5, 0.6) is 0 Å². The van der Waals surface area contributed by atoms with Crippen molar-refractivity contribution in [3.63, 3.8) is 0 Å². The van der Waals surface area contributed by atoms with Crippen molar-refractivity contribution < 1.29 is 18.5 Å². The maximum Gasteiger partial charge on any atom is 0.472 e. The smallest absolute Gasteiger partial charge is 0.302 e. The van der Waals surface area contributed by atoms with Crippen LogP contribution in [0, 0.1) is 0 Å². The van der Waals surface area contributed by atoms with Gasteiger partial charge in [0, 0.05) is 0 Å². The van der Waals surface area contributed by atoms with Gasteiger partial charge in [0.1, 0.15) is 0 Å². The molecule has 1 aliphatic heterocycles. The van der Waals surface area contributed by atoms with Gasteiger partial charge in [-0.1, -0.05) is 116 Å². The van der Waals surface area contributed by atoms with Crippen LogP contribution in [0.3, 0.4) is 0 Å². The van der Waals surface area contributed by atoms with E-state index in [4.69, 9.17) is 9.05 Å². The molecule has 0 unspecified atom stereocenters. The van der Waals surface area contributed by atoms with Crippen molar-refractivity contribution in [3.05, 3.63) is 0 Å². The highest BCUT2D eigenvalue weighted by molar-refractivity contribution is 7.47. The Morgan fingerprint density at radius 1 is 0.407 bits per heavy atom. The Bertz CT molecular complexity index is 332. The summed E-state index contributed by atoms with van der Waals surface area (Å²) in [5, 5.41) is 0. The average Bonchev–Trinajstić information content (AvgIpc) is 2.64. The van der Waals surface area contributed by atoms with Crippen LogP contribution < -0.4 is 0 Å². The molecule has 0 aromatic carbocycles. The molecular formula is C22H45O4P. The monoisotopic (exact) mass is 404 g/mol. The van der Waals surface area contributed by atoms with Crippen LogP contribution in [-0.4, -0.2) is 18.1 Å². The molecule has 0 amide bonds. The summed E-state index contributed by atoms with van der Waals surface area (Å²) in [6, 6.07) is 0. The molecule has 0 aromatic heterocycles. The molecule has 162 valence electrons. The lowest BCUT2D eigenvalue weighted by Crippen LogP contribution is -1.99. The van der Waals surface area contributed by atoms with Gasteiger partial charge in [0.2, 0.25) is 0 Å². The van der Waals surface area contributed by atoms with Crippen molar-refractivity contribution in [3.8, 4) is 0 Å². The fourth-order valence-corrected chi connectivity index (χ4v) is 4.58. The van der Waals surface area contributed by atoms with E-state index in [9.17, 15) is 9.46 Å². The van der Waals surface area contributed by atoms with Crippen LogP contribution in [0.1, 0.15) is 128 Å². The Morgan fingerprint density at radius 2 is 0.593 bits per heavy atom. The first-order valence-corrected chi connectivity index (χ1v) is 13.3. The highest BCUT2D eigenvalue weighted by Gasteiger charge is 2.19. The minimum atomic E-state index is -3.83. The topological polar surface area (TPSA) is 55.8 Å². The molecule has 1 saturated heterocycles. The largest absolute Gasteiger partial charge is 0.472 e. The number of hydrogen-bond acceptors (Lipinski definition) is 3. The van der Waals surface area contributed by atoms with E-state index in [1.54, 1.807) is 0 Å². The fraction of sp³-hybridized carbons (Fsp3) is 1.00. The maximum atomic E-state index is 11.8. The first-order valence-electron chi connectivity index (χ1n) is 11.8. The molecule has 0 aromatic rings. The van der Waals surface area contributed by atoms with Crippen molar-refractivity contribution >= 4 is 7.82 Å². The van der Waals surface area contributed by atoms with Gasteiger partial charge in [0.05, 0.1) is 13.2 Å². The lowest BCUT2D eigenvalue weighted by atomic mass is 10.0. The fourth-order valence-electron chi connectivity index (χ4n) is 3.78. The zero-order valence-corrected chi connectivity index (χ0v) is 18.6. The van der Waals surface area contributed by atoms with Crippen LogP contribution in [0.4, 0.5) is 0 Å². The Hall–Kier alpha value is 0.110. The molecule has 1 N–H and O–H groups in total. The van der Waals surface area contributed by atoms with E-state index in [1.165, 1.54) is 103 Å². The predicted octanol–water partition coefficient (Wildman–Crippen LogP) is 7.94. The van der Waals surface area contributed by atoms with Crippen molar-refractivity contribution in [2.75, 3.05) is 13.2 Å². The Labute approximate surface area is 168 Å². The predicted molar refractivity (Wildman–Crippen MR) is 114 cm³/mol. The van der Waals surface area contributed by atoms with Crippen molar-refractivity contribution in [1.29, 1.82) is 0 Å². The quantitative estimate of drug-likeness (QED) is 0.416. The van der Waals surface area contributed by atoms with Gasteiger partial charge in [0.25, 0.3) is 0 Å². The van der Waals surface area contributed by atoms with Crippen LogP contribution in [-0.2, 0) is 13.6 Å². The van der Waals surface area contributed by atoms with E-state index in [2.05, 4.69) is 0 Å². The van der Waals surface area contributed by atoms with Gasteiger partial charge in [0.15, 0.2) is 0 Å². The standard InChI is InChI=1S/C22H45O4P/c23-27(24)25-21-19-17-15-13-11-9-7-5-3-1-2-4-6-8-10-12-14-16-18-20-22-26-27/h1-22H2,(H,23,24). The summed E-state index contributed by atoms with van der Waals surface area (Å²) in [5.74, 6) is 0. The third-order valence-corrected chi connectivity index (χ3v) is 6.57. The molecule has 0 atom stereocenters. The Kier molecular flexibility index (Phi) is 16.9. The number of hydrogen-bond donors (Lipinski definition) is 1. The first kappa shape index (κ1) is 25.1. The van der Waals surface area contributed by atoms with Crippen molar-refractivity contribution in [2.24, 2.45) is 0 Å². The molecule has 0 radical (unpaired) electrons. The summed E-state index contributed by atoms with van der Waals surface area (Å²) in [6.45, 7) is 0.654. The number of rotatable bonds is 0. The highest BCUT2D eigenvalue weighted by Crippen LogP contribution is 2.43. The molecule has 1 heterocycles. The van der Waals surface area contributed by atoms with E-state index in [-0.39, 0.29) is 0 Å². The minimum Gasteiger partial charge on any atom is -0.302 e. The molecule has 0 bridgehead atoms. The molecule has 1 aliphatic rings. The Balaban J connectivity index is 2.15. The molecule has 0 spiro atoms. The molecule has 1 fully saturated rings. The van der Waals surface area contributed by atoms with E-state index in [0.717, 1.165) is 25.7 Å². The van der Waals surface area contributed by atoms with Crippen molar-refractivity contribution in [1.82, 2.24) is 0 Å². The summed E-state index contributed by atoms with van der Waals surface area (Å²) in [5.41, 5.74) is 0. The Morgan fingerprint density at radius 3 is 0.815 bits per heavy atom. The third-order valence-electron chi connectivity index (χ3n) is 5.55. The normalized spacial score (nSPS) is 25.1. The molecule has 5 heteroatoms. The van der Waals surface area contributed by atoms with Gasteiger partial charge in [-0.25, -0.2) is 4.57 Å². The summed E-state index contributed by atoms with van der Waals surface area (Å²) >= 11 is 0. The van der Waals surface area contributed by atoms with Crippen LogP contribution in [0.15, 0.2) is 0 Å². The van der Waals surface area contributed by atoms with Gasteiger partial charge in [-0.05, 0) is 12.8 Å². The SMILES string of the molecule is O=P1(O)OCCCCCCCCCCCCCCCCCCCCCCO1. The van der Waals surface area contributed by atoms with Gasteiger partial charge in [-0.2, -0.15) is 0 Å². The number of phosphoric ester groups is 1. The summed E-state index contributed by atoms with van der Waals surface area (Å²) in [7, 11) is -3.83. The lowest BCUT2D eigenvalue weighted by molar-refractivity contribution is 0.145. The second-order valence-corrected chi connectivity index (χ2v) is 9.66.